The zero-order valence-electron chi connectivity index (χ0n) is 15.2. The Morgan fingerprint density at radius 2 is 1.81 bits per heavy atom. The number of nitrogens with one attached hydrogen (secondary N) is 3. The van der Waals surface area contributed by atoms with Crippen LogP contribution in [0, 0.1) is 5.41 Å². The van der Waals surface area contributed by atoms with Crippen LogP contribution in [0.1, 0.15) is 18.9 Å². The summed E-state index contributed by atoms with van der Waals surface area (Å²) in [6.45, 7) is 2.94. The van der Waals surface area contributed by atoms with Gasteiger partial charge in [-0.1, -0.05) is 60.5 Å². The van der Waals surface area contributed by atoms with Gasteiger partial charge in [0, 0.05) is 25.7 Å². The van der Waals surface area contributed by atoms with E-state index in [1.54, 1.807) is 12.1 Å². The minimum absolute atomic E-state index is 0.0799. The Hall–Kier alpha value is -2.44. The number of carbonyl (C=O) groups is 1. The van der Waals surface area contributed by atoms with Crippen LogP contribution in [0.5, 0.6) is 5.75 Å². The summed E-state index contributed by atoms with van der Waals surface area (Å²) in [4.78, 5) is 13.6. The second-order valence-corrected chi connectivity index (χ2v) is 6.62. The lowest BCUT2D eigenvalue weighted by Gasteiger charge is -2.21. The monoisotopic (exact) mass is 408 g/mol. The molecule has 2 amide bonds. The molecular weight excluding hydrogens is 387 g/mol. The second-order valence-electron chi connectivity index (χ2n) is 5.80. The maximum Gasteiger partial charge on any atom is 0.328 e. The Bertz CT molecular complexity index is 777. The number of carbonyl (C=O) groups excluding carboxylic acids is 1. The molecule has 0 atom stereocenters. The Balaban J connectivity index is 2.06. The average Bonchev–Trinajstić information content (AvgIpc) is 2.64. The zero-order chi connectivity index (χ0) is 19.8. The maximum atomic E-state index is 12.3. The molecule has 0 spiro atoms. The minimum Gasteiger partial charge on any atom is -0.489 e. The van der Waals surface area contributed by atoms with Gasteiger partial charge < -0.3 is 10.1 Å². The Labute approximate surface area is 168 Å². The topological polar surface area (TPSA) is 77.5 Å². The van der Waals surface area contributed by atoms with Crippen LogP contribution in [0.3, 0.4) is 0 Å². The summed E-state index contributed by atoms with van der Waals surface area (Å²) in [6.07, 6.45) is 0.843. The number of amides is 2. The van der Waals surface area contributed by atoms with Gasteiger partial charge in [0.2, 0.25) is 0 Å². The number of guanidine groups is 1. The summed E-state index contributed by atoms with van der Waals surface area (Å²) in [6, 6.07) is 12.4. The van der Waals surface area contributed by atoms with Crippen molar-refractivity contribution in [3.05, 3.63) is 58.1 Å². The lowest BCUT2D eigenvalue weighted by atomic mass is 10.2. The maximum absolute atomic E-state index is 12.3. The quantitative estimate of drug-likeness (QED) is 0.480. The Morgan fingerprint density at radius 1 is 1.19 bits per heavy atom. The van der Waals surface area contributed by atoms with Gasteiger partial charge in [-0.15, -0.1) is 0 Å². The number of hydrogen-bond donors (Lipinski definition) is 3. The molecule has 0 radical (unpaired) electrons. The smallest absolute Gasteiger partial charge is 0.328 e. The van der Waals surface area contributed by atoms with E-state index < -0.39 is 6.03 Å². The molecule has 3 N–H and O–H groups in total. The van der Waals surface area contributed by atoms with Gasteiger partial charge in [0.25, 0.3) is 0 Å². The third kappa shape index (κ3) is 6.05. The molecule has 6 nitrogen and oxygen atoms in total. The lowest BCUT2D eigenvalue weighted by molar-refractivity contribution is 0.251. The third-order valence-corrected chi connectivity index (χ3v) is 4.24. The number of halogens is 2. The van der Waals surface area contributed by atoms with E-state index in [0.717, 1.165) is 12.0 Å². The van der Waals surface area contributed by atoms with E-state index in [9.17, 15) is 4.79 Å². The van der Waals surface area contributed by atoms with E-state index in [4.69, 9.17) is 33.3 Å². The highest BCUT2D eigenvalue weighted by Gasteiger charge is 2.19. The van der Waals surface area contributed by atoms with Gasteiger partial charge in [-0.05, 0) is 12.0 Å². The van der Waals surface area contributed by atoms with Crippen molar-refractivity contribution in [3.63, 3.8) is 0 Å². The van der Waals surface area contributed by atoms with Crippen molar-refractivity contribution < 1.29 is 9.53 Å². The number of nitrogens with zero attached hydrogens (tertiary/aromatic N) is 1. The van der Waals surface area contributed by atoms with Crippen molar-refractivity contribution in [2.24, 2.45) is 0 Å². The normalized spacial score (nSPS) is 10.2. The fraction of sp³-hybridized carbons (Fsp3) is 0.263. The molecule has 8 heteroatoms. The molecule has 0 fully saturated rings. The minimum atomic E-state index is -0.523. The van der Waals surface area contributed by atoms with Crippen LogP contribution >= 0.6 is 23.2 Å². The van der Waals surface area contributed by atoms with Gasteiger partial charge in [0.05, 0.1) is 15.7 Å². The molecule has 0 heterocycles. The molecule has 27 heavy (non-hydrogen) atoms. The molecule has 144 valence electrons. The molecule has 2 rings (SSSR count). The van der Waals surface area contributed by atoms with Crippen molar-refractivity contribution in [2.75, 3.05) is 18.5 Å². The first-order chi connectivity index (χ1) is 12.9. The van der Waals surface area contributed by atoms with Crippen LogP contribution in [-0.2, 0) is 6.61 Å². The fourth-order valence-corrected chi connectivity index (χ4v) is 2.99. The van der Waals surface area contributed by atoms with Crippen LogP contribution in [-0.4, -0.2) is 25.6 Å². The molecule has 0 saturated heterocycles. The third-order valence-electron chi connectivity index (χ3n) is 3.66. The number of anilines is 1. The number of benzene rings is 2. The van der Waals surface area contributed by atoms with Crippen LogP contribution < -0.4 is 20.3 Å². The molecule has 2 aromatic carbocycles. The highest BCUT2D eigenvalue weighted by Crippen LogP contribution is 2.37. The summed E-state index contributed by atoms with van der Waals surface area (Å²) in [5.41, 5.74) is 1.36. The van der Waals surface area contributed by atoms with Gasteiger partial charge in [0.1, 0.15) is 12.4 Å². The summed E-state index contributed by atoms with van der Waals surface area (Å²) in [5, 5.41) is 13.5. The van der Waals surface area contributed by atoms with Gasteiger partial charge in [0.15, 0.2) is 5.96 Å². The molecule has 0 aliphatic rings. The molecule has 0 aromatic heterocycles. The predicted molar refractivity (Wildman–Crippen MR) is 110 cm³/mol. The van der Waals surface area contributed by atoms with Crippen molar-refractivity contribution in [1.82, 2.24) is 10.6 Å². The first-order valence-corrected chi connectivity index (χ1v) is 9.20. The molecule has 0 aliphatic heterocycles. The number of rotatable bonds is 6. The van der Waals surface area contributed by atoms with Gasteiger partial charge in [-0.3, -0.25) is 15.6 Å². The SMILES string of the molecule is CCCNC(=N)NC(=O)N(C)c1c(Cl)cc(OCc2ccccc2)cc1Cl. The Morgan fingerprint density at radius 3 is 2.41 bits per heavy atom. The molecule has 2 aromatic rings. The number of ether oxygens (including phenoxy) is 1. The van der Waals surface area contributed by atoms with Gasteiger partial charge >= 0.3 is 6.03 Å². The molecule has 0 aliphatic carbocycles. The van der Waals surface area contributed by atoms with Crippen molar-refractivity contribution in [3.8, 4) is 5.75 Å². The van der Waals surface area contributed by atoms with Crippen LogP contribution in [0.2, 0.25) is 10.0 Å². The molecule has 0 bridgehead atoms. The average molecular weight is 409 g/mol. The van der Waals surface area contributed by atoms with Crippen LogP contribution in [0.15, 0.2) is 42.5 Å². The van der Waals surface area contributed by atoms with Crippen LogP contribution in [0.25, 0.3) is 0 Å². The first kappa shape index (κ1) is 20.9. The van der Waals surface area contributed by atoms with E-state index in [1.165, 1.54) is 11.9 Å². The van der Waals surface area contributed by atoms with Crippen LogP contribution in [0.4, 0.5) is 10.5 Å². The summed E-state index contributed by atoms with van der Waals surface area (Å²) >= 11 is 12.6. The highest BCUT2D eigenvalue weighted by molar-refractivity contribution is 6.40. The first-order valence-electron chi connectivity index (χ1n) is 8.45. The van der Waals surface area contributed by atoms with Crippen molar-refractivity contribution in [2.45, 2.75) is 20.0 Å². The molecule has 0 saturated carbocycles. The predicted octanol–water partition coefficient (Wildman–Crippen LogP) is 4.65. The molecule has 0 unspecified atom stereocenters. The van der Waals surface area contributed by atoms with Gasteiger partial charge in [-0.25, -0.2) is 4.79 Å². The lowest BCUT2D eigenvalue weighted by Crippen LogP contribution is -2.46. The number of hydrogen-bond acceptors (Lipinski definition) is 3. The van der Waals surface area contributed by atoms with E-state index in [1.807, 2.05) is 37.3 Å². The summed E-state index contributed by atoms with van der Waals surface area (Å²) < 4.78 is 5.73. The Kier molecular flexibility index (Phi) is 7.76. The summed E-state index contributed by atoms with van der Waals surface area (Å²) in [5.74, 6) is 0.424. The summed E-state index contributed by atoms with van der Waals surface area (Å²) in [7, 11) is 1.53. The standard InChI is InChI=1S/C19H22Cl2N4O2/c1-3-9-23-18(22)24-19(26)25(2)17-15(20)10-14(11-16(17)21)27-12-13-7-5-4-6-8-13/h4-8,10-11H,3,9,12H2,1-2H3,(H3,22,23,24,26). The largest absolute Gasteiger partial charge is 0.489 e. The number of urea groups is 1. The van der Waals surface area contributed by atoms with E-state index >= 15 is 0 Å². The van der Waals surface area contributed by atoms with E-state index in [-0.39, 0.29) is 16.0 Å². The second kappa shape index (κ2) is 10.0. The van der Waals surface area contributed by atoms with Gasteiger partial charge in [-0.2, -0.15) is 0 Å². The van der Waals surface area contributed by atoms with Crippen molar-refractivity contribution >= 4 is 40.9 Å². The van der Waals surface area contributed by atoms with Crippen molar-refractivity contribution in [1.29, 1.82) is 5.41 Å². The van der Waals surface area contributed by atoms with E-state index in [0.29, 0.717) is 24.6 Å². The zero-order valence-corrected chi connectivity index (χ0v) is 16.7. The van der Waals surface area contributed by atoms with E-state index in [2.05, 4.69) is 10.6 Å². The molecular formula is C19H22Cl2N4O2. The fourth-order valence-electron chi connectivity index (χ4n) is 2.27. The highest BCUT2D eigenvalue weighted by atomic mass is 35.5.